The standard InChI is InChI=1S/C39H70NO8P/c1-6-8-10-12-14-16-17-18-19-20-21-22-23-24-26-28-30-32-39(42)48-37(36-47-49(43,44)46-34-33-40(3,4)5)35-45-38(41)31-29-27-25-15-13-11-9-7-2/h14,16,18-19,21-22,24,26,37H,6-13,15,17,20,23,25,27-36H2,1-5H3/b16-14+,19-18+,22-21+,26-24+/t37-/m1/s1. The van der Waals surface area contributed by atoms with E-state index in [2.05, 4.69) is 56.4 Å². The number of nitrogens with zero attached hydrogens (tertiary/aromatic N) is 1. The minimum absolute atomic E-state index is 0.0419. The minimum atomic E-state index is -4.63. The number of likely N-dealkylation sites (N-methyl/N-ethyl adjacent to an activating group) is 1. The first-order valence-electron chi connectivity index (χ1n) is 18.8. The lowest BCUT2D eigenvalue weighted by molar-refractivity contribution is -0.870. The third-order valence-corrected chi connectivity index (χ3v) is 8.57. The van der Waals surface area contributed by atoms with Gasteiger partial charge in [0.15, 0.2) is 6.10 Å². The molecule has 0 fully saturated rings. The van der Waals surface area contributed by atoms with Crippen LogP contribution in [0.2, 0.25) is 0 Å². The minimum Gasteiger partial charge on any atom is -0.756 e. The van der Waals surface area contributed by atoms with Crippen LogP contribution in [0.1, 0.15) is 136 Å². The summed E-state index contributed by atoms with van der Waals surface area (Å²) in [6.45, 7) is 4.07. The lowest BCUT2D eigenvalue weighted by atomic mass is 10.1. The molecule has 0 aromatic heterocycles. The van der Waals surface area contributed by atoms with E-state index in [1.165, 1.54) is 57.8 Å². The Morgan fingerprint density at radius 2 is 1.12 bits per heavy atom. The van der Waals surface area contributed by atoms with Crippen LogP contribution in [0, 0.1) is 0 Å². The van der Waals surface area contributed by atoms with E-state index in [1.807, 2.05) is 27.2 Å². The summed E-state index contributed by atoms with van der Waals surface area (Å²) >= 11 is 0. The molecule has 0 heterocycles. The quantitative estimate of drug-likeness (QED) is 0.0218. The lowest BCUT2D eigenvalue weighted by Crippen LogP contribution is -2.37. The summed E-state index contributed by atoms with van der Waals surface area (Å²) in [5.41, 5.74) is 0. The number of quaternary nitrogens is 1. The van der Waals surface area contributed by atoms with Crippen molar-refractivity contribution in [1.82, 2.24) is 0 Å². The molecular weight excluding hydrogens is 641 g/mol. The van der Waals surface area contributed by atoms with Crippen molar-refractivity contribution in [3.63, 3.8) is 0 Å². The van der Waals surface area contributed by atoms with Gasteiger partial charge in [-0.05, 0) is 51.4 Å². The second-order valence-electron chi connectivity index (χ2n) is 13.6. The maximum Gasteiger partial charge on any atom is 0.306 e. The van der Waals surface area contributed by atoms with Crippen LogP contribution >= 0.6 is 7.82 Å². The predicted molar refractivity (Wildman–Crippen MR) is 199 cm³/mol. The number of carbonyl (C=O) groups excluding carboxylic acids is 2. The van der Waals surface area contributed by atoms with Crippen molar-refractivity contribution in [3.05, 3.63) is 48.6 Å². The van der Waals surface area contributed by atoms with E-state index < -0.39 is 32.5 Å². The fourth-order valence-corrected chi connectivity index (χ4v) is 5.31. The first kappa shape index (κ1) is 47.0. The second kappa shape index (κ2) is 31.9. The molecule has 0 aromatic carbocycles. The van der Waals surface area contributed by atoms with Crippen molar-refractivity contribution in [2.24, 2.45) is 0 Å². The van der Waals surface area contributed by atoms with Crippen LogP contribution in [0.25, 0.3) is 0 Å². The van der Waals surface area contributed by atoms with E-state index in [4.69, 9.17) is 18.5 Å². The van der Waals surface area contributed by atoms with Gasteiger partial charge in [0.05, 0.1) is 27.7 Å². The largest absolute Gasteiger partial charge is 0.756 e. The summed E-state index contributed by atoms with van der Waals surface area (Å²) in [5, 5.41) is 0. The van der Waals surface area contributed by atoms with Crippen LogP contribution in [0.4, 0.5) is 0 Å². The molecule has 9 nitrogen and oxygen atoms in total. The van der Waals surface area contributed by atoms with Gasteiger partial charge in [0.1, 0.15) is 19.8 Å². The monoisotopic (exact) mass is 711 g/mol. The maximum atomic E-state index is 12.6. The van der Waals surface area contributed by atoms with Gasteiger partial charge < -0.3 is 27.9 Å². The number of hydrogen-bond donors (Lipinski definition) is 0. The van der Waals surface area contributed by atoms with Crippen LogP contribution in [0.3, 0.4) is 0 Å². The van der Waals surface area contributed by atoms with Gasteiger partial charge in [0, 0.05) is 12.8 Å². The molecule has 0 rings (SSSR count). The predicted octanol–water partition coefficient (Wildman–Crippen LogP) is 9.33. The normalized spacial score (nSPS) is 14.3. The van der Waals surface area contributed by atoms with Gasteiger partial charge in [-0.15, -0.1) is 0 Å². The average molecular weight is 712 g/mol. The molecule has 1 unspecified atom stereocenters. The zero-order valence-corrected chi connectivity index (χ0v) is 32.5. The van der Waals surface area contributed by atoms with E-state index >= 15 is 0 Å². The number of carbonyl (C=O) groups is 2. The SMILES string of the molecule is CCCCC/C=C/C/C=C/C/C=C/C/C=C/CCCC(=O)O[C@H](COC(=O)CCCCCCCCCC)COP(=O)([O-])OCC[N+](C)(C)C. The highest BCUT2D eigenvalue weighted by Gasteiger charge is 2.21. The molecule has 0 aromatic rings. The van der Waals surface area contributed by atoms with Crippen molar-refractivity contribution < 1.29 is 42.1 Å². The molecule has 0 amide bonds. The molecule has 0 aliphatic rings. The maximum absolute atomic E-state index is 12.6. The summed E-state index contributed by atoms with van der Waals surface area (Å²) < 4.78 is 33.6. The number of allylic oxidation sites excluding steroid dienone is 8. The van der Waals surface area contributed by atoms with Gasteiger partial charge in [0.25, 0.3) is 7.82 Å². The molecule has 49 heavy (non-hydrogen) atoms. The van der Waals surface area contributed by atoms with Crippen LogP contribution in [-0.4, -0.2) is 70.0 Å². The van der Waals surface area contributed by atoms with Crippen molar-refractivity contribution in [2.45, 2.75) is 142 Å². The third-order valence-electron chi connectivity index (χ3n) is 7.60. The molecule has 0 N–H and O–H groups in total. The summed E-state index contributed by atoms with van der Waals surface area (Å²) in [4.78, 5) is 37.2. The Kier molecular flexibility index (Phi) is 30.6. The van der Waals surface area contributed by atoms with Crippen LogP contribution in [0.5, 0.6) is 0 Å². The Hall–Kier alpha value is -2.03. The Bertz CT molecular complexity index is 986. The van der Waals surface area contributed by atoms with Crippen LogP contribution in [0.15, 0.2) is 48.6 Å². The number of rotatable bonds is 33. The average Bonchev–Trinajstić information content (AvgIpc) is 3.04. The molecule has 284 valence electrons. The van der Waals surface area contributed by atoms with Gasteiger partial charge in [-0.2, -0.15) is 0 Å². The molecule has 0 saturated heterocycles. The van der Waals surface area contributed by atoms with Crippen molar-refractivity contribution in [2.75, 3.05) is 47.5 Å². The van der Waals surface area contributed by atoms with Gasteiger partial charge in [-0.3, -0.25) is 14.2 Å². The number of phosphoric acid groups is 1. The van der Waals surface area contributed by atoms with Gasteiger partial charge in [0.2, 0.25) is 0 Å². The van der Waals surface area contributed by atoms with Gasteiger partial charge in [-0.25, -0.2) is 0 Å². The summed E-state index contributed by atoms with van der Waals surface area (Å²) in [7, 11) is 1.12. The Labute approximate surface area is 299 Å². The van der Waals surface area contributed by atoms with E-state index in [9.17, 15) is 19.0 Å². The van der Waals surface area contributed by atoms with Crippen molar-refractivity contribution in [3.8, 4) is 0 Å². The summed E-state index contributed by atoms with van der Waals surface area (Å²) in [6, 6.07) is 0. The molecule has 0 aliphatic carbocycles. The van der Waals surface area contributed by atoms with Crippen molar-refractivity contribution in [1.29, 1.82) is 0 Å². The van der Waals surface area contributed by atoms with Gasteiger partial charge in [-0.1, -0.05) is 120 Å². The molecule has 0 aliphatic heterocycles. The molecule has 0 saturated carbocycles. The molecular formula is C39H70NO8P. The number of ether oxygens (including phenoxy) is 2. The van der Waals surface area contributed by atoms with E-state index in [1.54, 1.807) is 0 Å². The second-order valence-corrected chi connectivity index (χ2v) is 15.0. The van der Waals surface area contributed by atoms with E-state index in [0.717, 1.165) is 38.5 Å². The topological polar surface area (TPSA) is 111 Å². The summed E-state index contributed by atoms with van der Waals surface area (Å²) in [5.74, 6) is -0.910. The highest BCUT2D eigenvalue weighted by molar-refractivity contribution is 7.45. The Morgan fingerprint density at radius 1 is 0.633 bits per heavy atom. The van der Waals surface area contributed by atoms with E-state index in [0.29, 0.717) is 23.9 Å². The zero-order chi connectivity index (χ0) is 36.5. The molecule has 0 spiro atoms. The smallest absolute Gasteiger partial charge is 0.306 e. The Balaban J connectivity index is 4.54. The Morgan fingerprint density at radius 3 is 1.69 bits per heavy atom. The zero-order valence-electron chi connectivity index (χ0n) is 31.6. The highest BCUT2D eigenvalue weighted by Crippen LogP contribution is 2.38. The number of esters is 2. The number of unbranched alkanes of at least 4 members (excludes halogenated alkanes) is 11. The molecule has 10 heteroatoms. The fourth-order valence-electron chi connectivity index (χ4n) is 4.59. The molecule has 0 radical (unpaired) electrons. The van der Waals surface area contributed by atoms with Crippen LogP contribution in [-0.2, 0) is 32.7 Å². The third kappa shape index (κ3) is 35.6. The van der Waals surface area contributed by atoms with Crippen LogP contribution < -0.4 is 4.89 Å². The first-order valence-corrected chi connectivity index (χ1v) is 20.3. The highest BCUT2D eigenvalue weighted by atomic mass is 31.2. The van der Waals surface area contributed by atoms with E-state index in [-0.39, 0.29) is 26.1 Å². The summed E-state index contributed by atoms with van der Waals surface area (Å²) in [6.07, 6.45) is 34.4. The van der Waals surface area contributed by atoms with Crippen molar-refractivity contribution >= 4 is 19.8 Å². The number of phosphoric ester groups is 1. The number of hydrogen-bond acceptors (Lipinski definition) is 8. The first-order chi connectivity index (χ1) is 23.5. The molecule has 0 bridgehead atoms. The van der Waals surface area contributed by atoms with Gasteiger partial charge >= 0.3 is 11.9 Å². The molecule has 2 atom stereocenters. The fraction of sp³-hybridized carbons (Fsp3) is 0.744. The lowest BCUT2D eigenvalue weighted by Gasteiger charge is -2.28.